The minimum Gasteiger partial charge on any atom is -0.356 e. The van der Waals surface area contributed by atoms with Crippen molar-refractivity contribution in [3.05, 3.63) is 56.5 Å². The maximum absolute atomic E-state index is 14.2. The molecule has 0 saturated heterocycles. The second kappa shape index (κ2) is 7.38. The highest BCUT2D eigenvalue weighted by Gasteiger charge is 2.20. The third-order valence-electron chi connectivity index (χ3n) is 4.64. The van der Waals surface area contributed by atoms with Gasteiger partial charge < -0.3 is 5.32 Å². The Morgan fingerprint density at radius 3 is 2.52 bits per heavy atom. The normalized spacial score (nSPS) is 11.5. The number of imidazole rings is 1. The third kappa shape index (κ3) is 3.51. The molecule has 8 heteroatoms. The summed E-state index contributed by atoms with van der Waals surface area (Å²) in [6, 6.07) is 6.42. The molecule has 0 bridgehead atoms. The van der Waals surface area contributed by atoms with Gasteiger partial charge >= 0.3 is 5.69 Å². The van der Waals surface area contributed by atoms with E-state index in [0.717, 1.165) is 11.0 Å². The molecule has 2 aromatic heterocycles. The first-order chi connectivity index (χ1) is 12.8. The summed E-state index contributed by atoms with van der Waals surface area (Å²) in [4.78, 5) is 29.5. The molecule has 0 atom stereocenters. The Bertz CT molecular complexity index is 1090. The maximum Gasteiger partial charge on any atom is 0.332 e. The van der Waals surface area contributed by atoms with E-state index < -0.39 is 11.2 Å². The Kier molecular flexibility index (Phi) is 5.16. The predicted octanol–water partition coefficient (Wildman–Crippen LogP) is 2.08. The summed E-state index contributed by atoms with van der Waals surface area (Å²) >= 11 is 0. The lowest BCUT2D eigenvalue weighted by Gasteiger charge is -2.12. The first-order valence-electron chi connectivity index (χ1n) is 8.94. The van der Waals surface area contributed by atoms with Gasteiger partial charge in [-0.2, -0.15) is 4.98 Å². The van der Waals surface area contributed by atoms with E-state index >= 15 is 0 Å². The second-order valence-corrected chi connectivity index (χ2v) is 7.10. The summed E-state index contributed by atoms with van der Waals surface area (Å²) in [6.07, 6.45) is 0.917. The number of halogens is 1. The van der Waals surface area contributed by atoms with Crippen molar-refractivity contribution in [1.29, 1.82) is 0 Å². The highest BCUT2D eigenvalue weighted by Crippen LogP contribution is 2.19. The summed E-state index contributed by atoms with van der Waals surface area (Å²) in [5, 5.41) is 3.23. The average molecular weight is 373 g/mol. The zero-order valence-electron chi connectivity index (χ0n) is 16.0. The molecule has 27 heavy (non-hydrogen) atoms. The minimum absolute atomic E-state index is 0.140. The van der Waals surface area contributed by atoms with Gasteiger partial charge in [-0.1, -0.05) is 32.0 Å². The fraction of sp³-hybridized carbons (Fsp3) is 0.421. The number of nitrogens with zero attached hydrogens (tertiary/aromatic N) is 4. The zero-order valence-corrected chi connectivity index (χ0v) is 16.0. The van der Waals surface area contributed by atoms with Crippen LogP contribution in [0.1, 0.15) is 25.8 Å². The molecule has 1 aromatic carbocycles. The van der Waals surface area contributed by atoms with Crippen LogP contribution in [0, 0.1) is 11.7 Å². The highest BCUT2D eigenvalue weighted by molar-refractivity contribution is 5.74. The number of aromatic nitrogens is 4. The Balaban J connectivity index is 2.19. The van der Waals surface area contributed by atoms with Gasteiger partial charge in [-0.3, -0.25) is 18.5 Å². The van der Waals surface area contributed by atoms with Gasteiger partial charge in [0.05, 0.1) is 6.54 Å². The summed E-state index contributed by atoms with van der Waals surface area (Å²) in [6.45, 7) is 5.03. The van der Waals surface area contributed by atoms with Crippen LogP contribution in [-0.4, -0.2) is 25.2 Å². The monoisotopic (exact) mass is 373 g/mol. The lowest BCUT2D eigenvalue weighted by molar-refractivity contribution is 0.596. The van der Waals surface area contributed by atoms with Crippen molar-refractivity contribution in [3.63, 3.8) is 0 Å². The van der Waals surface area contributed by atoms with Crippen LogP contribution >= 0.6 is 0 Å². The Morgan fingerprint density at radius 2 is 1.85 bits per heavy atom. The van der Waals surface area contributed by atoms with Gasteiger partial charge in [-0.05, 0) is 18.4 Å². The van der Waals surface area contributed by atoms with Gasteiger partial charge in [0.1, 0.15) is 5.82 Å². The van der Waals surface area contributed by atoms with Crippen LogP contribution in [0.5, 0.6) is 0 Å². The summed E-state index contributed by atoms with van der Waals surface area (Å²) in [5.74, 6) is 0.598. The number of rotatable bonds is 6. The number of hydrogen-bond donors (Lipinski definition) is 1. The lowest BCUT2D eigenvalue weighted by atomic mass is 10.1. The molecule has 2 heterocycles. The molecule has 0 radical (unpaired) electrons. The van der Waals surface area contributed by atoms with E-state index in [9.17, 15) is 14.0 Å². The molecule has 3 rings (SSSR count). The van der Waals surface area contributed by atoms with Gasteiger partial charge in [-0.15, -0.1) is 0 Å². The molecule has 0 amide bonds. The molecule has 1 N–H and O–H groups in total. The van der Waals surface area contributed by atoms with Crippen molar-refractivity contribution in [2.45, 2.75) is 26.8 Å². The fourth-order valence-electron chi connectivity index (χ4n) is 3.01. The molecule has 0 spiro atoms. The second-order valence-electron chi connectivity index (χ2n) is 7.10. The van der Waals surface area contributed by atoms with Gasteiger partial charge in [0.2, 0.25) is 5.95 Å². The smallest absolute Gasteiger partial charge is 0.332 e. The van der Waals surface area contributed by atoms with Crippen LogP contribution in [-0.2, 0) is 20.6 Å². The average Bonchev–Trinajstić information content (AvgIpc) is 2.98. The number of fused-ring (bicyclic) bond motifs is 1. The van der Waals surface area contributed by atoms with Gasteiger partial charge in [0.15, 0.2) is 11.2 Å². The molecule has 0 unspecified atom stereocenters. The van der Waals surface area contributed by atoms with Crippen molar-refractivity contribution >= 4 is 17.1 Å². The third-order valence-corrected chi connectivity index (χ3v) is 4.64. The fourth-order valence-corrected chi connectivity index (χ4v) is 3.01. The SMILES string of the molecule is CC(C)CCNc1nc2c(c(=O)n(C)c(=O)n2C)n1Cc1ccccc1F. The number of nitrogens with one attached hydrogen (secondary N) is 1. The lowest BCUT2D eigenvalue weighted by Crippen LogP contribution is -2.37. The minimum atomic E-state index is -0.450. The van der Waals surface area contributed by atoms with Gasteiger partial charge in [-0.25, -0.2) is 9.18 Å². The van der Waals surface area contributed by atoms with Crippen molar-refractivity contribution in [2.75, 3.05) is 11.9 Å². The van der Waals surface area contributed by atoms with Crippen LogP contribution in [0.3, 0.4) is 0 Å². The predicted molar refractivity (Wildman–Crippen MR) is 104 cm³/mol. The largest absolute Gasteiger partial charge is 0.356 e. The summed E-state index contributed by atoms with van der Waals surface area (Å²) in [7, 11) is 3.00. The number of hydrogen-bond acceptors (Lipinski definition) is 4. The van der Waals surface area contributed by atoms with E-state index in [1.165, 1.54) is 17.7 Å². The number of benzene rings is 1. The topological polar surface area (TPSA) is 73.8 Å². The van der Waals surface area contributed by atoms with E-state index in [1.807, 2.05) is 0 Å². The van der Waals surface area contributed by atoms with Crippen molar-refractivity contribution in [2.24, 2.45) is 20.0 Å². The first kappa shape index (κ1) is 18.9. The molecule has 0 fully saturated rings. The van der Waals surface area contributed by atoms with E-state index in [0.29, 0.717) is 24.0 Å². The number of anilines is 1. The van der Waals surface area contributed by atoms with Crippen LogP contribution in [0.4, 0.5) is 10.3 Å². The molecule has 3 aromatic rings. The molecule has 0 aliphatic heterocycles. The van der Waals surface area contributed by atoms with E-state index in [1.54, 1.807) is 29.8 Å². The van der Waals surface area contributed by atoms with Gasteiger partial charge in [0.25, 0.3) is 5.56 Å². The number of aryl methyl sites for hydroxylation is 1. The highest BCUT2D eigenvalue weighted by atomic mass is 19.1. The van der Waals surface area contributed by atoms with Crippen LogP contribution in [0.15, 0.2) is 33.9 Å². The van der Waals surface area contributed by atoms with Gasteiger partial charge in [0, 0.05) is 26.2 Å². The van der Waals surface area contributed by atoms with Crippen LogP contribution < -0.4 is 16.6 Å². The Morgan fingerprint density at radius 1 is 1.15 bits per heavy atom. The van der Waals surface area contributed by atoms with Crippen LogP contribution in [0.2, 0.25) is 0 Å². The molecule has 0 saturated carbocycles. The summed E-state index contributed by atoms with van der Waals surface area (Å²) in [5.41, 5.74) is 0.103. The molecule has 144 valence electrons. The Hall–Kier alpha value is -2.90. The standard InChI is InChI=1S/C19H24FN5O2/c1-12(2)9-10-21-18-22-16-15(17(26)24(4)19(27)23(16)3)25(18)11-13-7-5-6-8-14(13)20/h5-8,12H,9-11H2,1-4H3,(H,21,22). The van der Waals surface area contributed by atoms with Crippen molar-refractivity contribution in [3.8, 4) is 0 Å². The maximum atomic E-state index is 14.2. The molecular weight excluding hydrogens is 349 g/mol. The van der Waals surface area contributed by atoms with Crippen molar-refractivity contribution in [1.82, 2.24) is 18.7 Å². The molecule has 7 nitrogen and oxygen atoms in total. The van der Waals surface area contributed by atoms with E-state index in [-0.39, 0.29) is 23.5 Å². The zero-order chi connectivity index (χ0) is 19.7. The summed E-state index contributed by atoms with van der Waals surface area (Å²) < 4.78 is 18.2. The van der Waals surface area contributed by atoms with Crippen LogP contribution in [0.25, 0.3) is 11.2 Å². The van der Waals surface area contributed by atoms with Crippen molar-refractivity contribution < 1.29 is 4.39 Å². The van der Waals surface area contributed by atoms with E-state index in [2.05, 4.69) is 24.1 Å². The molecule has 0 aliphatic carbocycles. The Labute approximate surface area is 156 Å². The molecule has 0 aliphatic rings. The quantitative estimate of drug-likeness (QED) is 0.718. The first-order valence-corrected chi connectivity index (χ1v) is 8.94. The molecular formula is C19H24FN5O2. The van der Waals surface area contributed by atoms with E-state index in [4.69, 9.17) is 0 Å².